The van der Waals surface area contributed by atoms with Crippen LogP contribution in [0.15, 0.2) is 12.1 Å². The molecule has 0 saturated heterocycles. The fraction of sp³-hybridized carbons (Fsp3) is 0.467. The first-order chi connectivity index (χ1) is 10.2. The fourth-order valence-electron chi connectivity index (χ4n) is 1.79. The molecule has 1 heterocycles. The second kappa shape index (κ2) is 6.95. The van der Waals surface area contributed by atoms with Gasteiger partial charge in [-0.15, -0.1) is 12.4 Å². The summed E-state index contributed by atoms with van der Waals surface area (Å²) >= 11 is 0. The van der Waals surface area contributed by atoms with E-state index in [1.165, 1.54) is 0 Å². The van der Waals surface area contributed by atoms with E-state index in [1.54, 1.807) is 39.8 Å². The number of halogens is 1. The molecule has 0 fully saturated rings. The van der Waals surface area contributed by atoms with Crippen molar-refractivity contribution in [2.45, 2.75) is 33.7 Å². The Bertz CT molecular complexity index is 613. The van der Waals surface area contributed by atoms with E-state index < -0.39 is 11.5 Å². The minimum Gasteiger partial charge on any atom is -0.454 e. The van der Waals surface area contributed by atoms with Crippen LogP contribution in [0, 0.1) is 5.41 Å². The molecule has 1 aliphatic rings. The first-order valence-electron chi connectivity index (χ1n) is 6.99. The number of nitrogens with two attached hydrogens (primary N) is 1. The maximum absolute atomic E-state index is 12.2. The Balaban J connectivity index is 0.00000264. The van der Waals surface area contributed by atoms with Crippen LogP contribution in [0.2, 0.25) is 0 Å². The Morgan fingerprint density at radius 1 is 1.22 bits per heavy atom. The Kier molecular flexibility index (Phi) is 5.71. The van der Waals surface area contributed by atoms with E-state index in [2.05, 4.69) is 10.6 Å². The molecule has 1 atom stereocenters. The molecular weight excluding hydrogens is 322 g/mol. The van der Waals surface area contributed by atoms with Gasteiger partial charge < -0.3 is 25.8 Å². The molecule has 0 aromatic heterocycles. The smallest absolute Gasteiger partial charge is 0.246 e. The molecule has 8 heteroatoms. The van der Waals surface area contributed by atoms with Gasteiger partial charge in [0.15, 0.2) is 11.5 Å². The highest BCUT2D eigenvalue weighted by Crippen LogP contribution is 2.38. The number of rotatable bonds is 3. The molecular formula is C15H22ClN3O4. The van der Waals surface area contributed by atoms with Gasteiger partial charge in [0, 0.05) is 17.5 Å². The predicted octanol–water partition coefficient (Wildman–Crippen LogP) is 1.91. The number of benzene rings is 1. The lowest BCUT2D eigenvalue weighted by atomic mass is 9.95. The summed E-state index contributed by atoms with van der Waals surface area (Å²) in [6, 6.07) is 2.51. The van der Waals surface area contributed by atoms with Gasteiger partial charge in [0.1, 0.15) is 6.04 Å². The SMILES string of the molecule is CC(NC(=O)C(C)(C)C)C(=O)Nc1cc2c(cc1N)OCO2.Cl. The molecule has 0 bridgehead atoms. The van der Waals surface area contributed by atoms with E-state index in [-0.39, 0.29) is 31.0 Å². The van der Waals surface area contributed by atoms with Crippen molar-refractivity contribution >= 4 is 35.6 Å². The van der Waals surface area contributed by atoms with Gasteiger partial charge in [-0.25, -0.2) is 0 Å². The second-order valence-corrected chi connectivity index (χ2v) is 6.23. The first-order valence-corrected chi connectivity index (χ1v) is 6.99. The van der Waals surface area contributed by atoms with Gasteiger partial charge in [-0.05, 0) is 6.92 Å². The summed E-state index contributed by atoms with van der Waals surface area (Å²) in [5, 5.41) is 5.35. The summed E-state index contributed by atoms with van der Waals surface area (Å²) in [7, 11) is 0. The molecule has 1 aromatic carbocycles. The number of hydrogen-bond acceptors (Lipinski definition) is 5. The zero-order chi connectivity index (χ0) is 16.5. The minimum atomic E-state index is -0.684. The average molecular weight is 344 g/mol. The highest BCUT2D eigenvalue weighted by Gasteiger charge is 2.25. The van der Waals surface area contributed by atoms with Crippen LogP contribution in [0.25, 0.3) is 0 Å². The number of amides is 2. The standard InChI is InChI=1S/C15H21N3O4.ClH/c1-8(17-14(20)15(2,3)4)13(19)18-10-6-12-11(5-9(10)16)21-7-22-12;/h5-6,8H,7,16H2,1-4H3,(H,17,20)(H,18,19);1H. The summed E-state index contributed by atoms with van der Waals surface area (Å²) in [4.78, 5) is 24.1. The third-order valence-corrected chi connectivity index (χ3v) is 3.22. The molecule has 7 nitrogen and oxygen atoms in total. The van der Waals surface area contributed by atoms with Gasteiger partial charge in [0.05, 0.1) is 11.4 Å². The number of ether oxygens (including phenoxy) is 2. The number of carbonyl (C=O) groups excluding carboxylic acids is 2. The normalized spacial score (nSPS) is 13.7. The van der Waals surface area contributed by atoms with E-state index in [1.807, 2.05) is 0 Å². The van der Waals surface area contributed by atoms with Crippen LogP contribution in [-0.4, -0.2) is 24.6 Å². The first kappa shape index (κ1) is 18.9. The molecule has 4 N–H and O–H groups in total. The van der Waals surface area contributed by atoms with Crippen LogP contribution < -0.4 is 25.8 Å². The summed E-state index contributed by atoms with van der Waals surface area (Å²) in [6.45, 7) is 7.08. The lowest BCUT2D eigenvalue weighted by Crippen LogP contribution is -2.46. The zero-order valence-electron chi connectivity index (χ0n) is 13.6. The number of carbonyl (C=O) groups is 2. The maximum Gasteiger partial charge on any atom is 0.246 e. The van der Waals surface area contributed by atoms with E-state index in [0.717, 1.165) is 0 Å². The molecule has 2 rings (SSSR count). The highest BCUT2D eigenvalue weighted by atomic mass is 35.5. The van der Waals surface area contributed by atoms with Gasteiger partial charge in [0.2, 0.25) is 18.6 Å². The van der Waals surface area contributed by atoms with Gasteiger partial charge in [-0.3, -0.25) is 9.59 Å². The summed E-state index contributed by atoms with van der Waals surface area (Å²) < 4.78 is 10.5. The number of nitrogen functional groups attached to an aromatic ring is 1. The van der Waals surface area contributed by atoms with E-state index >= 15 is 0 Å². The molecule has 2 amide bonds. The van der Waals surface area contributed by atoms with Crippen molar-refractivity contribution in [1.29, 1.82) is 0 Å². The van der Waals surface area contributed by atoms with Crippen molar-refractivity contribution in [1.82, 2.24) is 5.32 Å². The van der Waals surface area contributed by atoms with Gasteiger partial charge >= 0.3 is 0 Å². The largest absolute Gasteiger partial charge is 0.454 e. The van der Waals surface area contributed by atoms with Crippen molar-refractivity contribution in [2.24, 2.45) is 5.41 Å². The molecule has 1 aromatic rings. The molecule has 0 saturated carbocycles. The predicted molar refractivity (Wildman–Crippen MR) is 89.9 cm³/mol. The van der Waals surface area contributed by atoms with E-state index in [9.17, 15) is 9.59 Å². The average Bonchev–Trinajstić information content (AvgIpc) is 2.84. The van der Waals surface area contributed by atoms with Crippen molar-refractivity contribution in [3.63, 3.8) is 0 Å². The lowest BCUT2D eigenvalue weighted by molar-refractivity contribution is -0.131. The molecule has 0 radical (unpaired) electrons. The summed E-state index contributed by atoms with van der Waals surface area (Å²) in [5.74, 6) is 0.512. The molecule has 1 unspecified atom stereocenters. The molecule has 128 valence electrons. The van der Waals surface area contributed by atoms with E-state index in [4.69, 9.17) is 15.2 Å². The number of nitrogens with one attached hydrogen (secondary N) is 2. The number of hydrogen-bond donors (Lipinski definition) is 3. The number of anilines is 2. The Labute approximate surface area is 141 Å². The third-order valence-electron chi connectivity index (χ3n) is 3.22. The fourth-order valence-corrected chi connectivity index (χ4v) is 1.79. The summed E-state index contributed by atoms with van der Waals surface area (Å²) in [6.07, 6.45) is 0. The Hall–Kier alpha value is -2.15. The second-order valence-electron chi connectivity index (χ2n) is 6.23. The van der Waals surface area contributed by atoms with Crippen LogP contribution >= 0.6 is 12.4 Å². The van der Waals surface area contributed by atoms with Crippen LogP contribution in [-0.2, 0) is 9.59 Å². The van der Waals surface area contributed by atoms with Crippen molar-refractivity contribution < 1.29 is 19.1 Å². The Morgan fingerprint density at radius 3 is 2.35 bits per heavy atom. The van der Waals surface area contributed by atoms with Crippen molar-refractivity contribution in [2.75, 3.05) is 17.8 Å². The zero-order valence-corrected chi connectivity index (χ0v) is 14.4. The van der Waals surface area contributed by atoms with Crippen molar-refractivity contribution in [3.8, 4) is 11.5 Å². The van der Waals surface area contributed by atoms with Gasteiger partial charge in [-0.2, -0.15) is 0 Å². The van der Waals surface area contributed by atoms with Crippen LogP contribution in [0.4, 0.5) is 11.4 Å². The summed E-state index contributed by atoms with van der Waals surface area (Å²) in [5.41, 5.74) is 6.10. The topological polar surface area (TPSA) is 103 Å². The molecule has 23 heavy (non-hydrogen) atoms. The quantitative estimate of drug-likeness (QED) is 0.727. The Morgan fingerprint density at radius 2 is 1.78 bits per heavy atom. The third kappa shape index (κ3) is 4.41. The lowest BCUT2D eigenvalue weighted by Gasteiger charge is -2.21. The maximum atomic E-state index is 12.2. The molecule has 0 aliphatic carbocycles. The van der Waals surface area contributed by atoms with E-state index in [0.29, 0.717) is 22.9 Å². The van der Waals surface area contributed by atoms with Crippen molar-refractivity contribution in [3.05, 3.63) is 12.1 Å². The van der Waals surface area contributed by atoms with Crippen LogP contribution in [0.3, 0.4) is 0 Å². The van der Waals surface area contributed by atoms with Gasteiger partial charge in [-0.1, -0.05) is 20.8 Å². The minimum absolute atomic E-state index is 0. The van der Waals surface area contributed by atoms with Gasteiger partial charge in [0.25, 0.3) is 0 Å². The highest BCUT2D eigenvalue weighted by molar-refractivity contribution is 5.99. The number of fused-ring (bicyclic) bond motifs is 1. The monoisotopic (exact) mass is 343 g/mol. The van der Waals surface area contributed by atoms with Crippen LogP contribution in [0.5, 0.6) is 11.5 Å². The van der Waals surface area contributed by atoms with Crippen LogP contribution in [0.1, 0.15) is 27.7 Å². The molecule has 1 aliphatic heterocycles. The molecule has 0 spiro atoms.